The predicted molar refractivity (Wildman–Crippen MR) is 94.5 cm³/mol. The van der Waals surface area contributed by atoms with Gasteiger partial charge < -0.3 is 19.5 Å². The van der Waals surface area contributed by atoms with Crippen LogP contribution >= 0.6 is 11.6 Å². The Bertz CT molecular complexity index is 778. The smallest absolute Gasteiger partial charge is 0.337 e. The molecule has 2 rings (SSSR count). The molecular weight excluding hydrogens is 346 g/mol. The highest BCUT2D eigenvalue weighted by Gasteiger charge is 2.17. The Morgan fingerprint density at radius 1 is 1.08 bits per heavy atom. The molecule has 2 aromatic carbocycles. The largest absolute Gasteiger partial charge is 0.497 e. The maximum Gasteiger partial charge on any atom is 0.337 e. The number of esters is 1. The third-order valence-corrected chi connectivity index (χ3v) is 3.70. The molecule has 1 N–H and O–H groups in total. The van der Waals surface area contributed by atoms with Crippen LogP contribution in [0.5, 0.6) is 11.5 Å². The Balaban J connectivity index is 2.09. The number of rotatable bonds is 6. The number of methoxy groups -OCH3 is 2. The summed E-state index contributed by atoms with van der Waals surface area (Å²) in [7, 11) is 2.82. The summed E-state index contributed by atoms with van der Waals surface area (Å²) in [5.74, 6) is 0.190. The van der Waals surface area contributed by atoms with E-state index in [4.69, 9.17) is 21.1 Å². The number of ether oxygens (including phenoxy) is 3. The van der Waals surface area contributed by atoms with Gasteiger partial charge in [0.15, 0.2) is 6.10 Å². The molecule has 1 amide bonds. The van der Waals surface area contributed by atoms with Gasteiger partial charge in [-0.25, -0.2) is 4.79 Å². The molecule has 0 spiro atoms. The highest BCUT2D eigenvalue weighted by Crippen LogP contribution is 2.24. The van der Waals surface area contributed by atoms with Crippen LogP contribution in [0, 0.1) is 0 Å². The van der Waals surface area contributed by atoms with E-state index in [0.29, 0.717) is 22.2 Å². The van der Waals surface area contributed by atoms with Crippen molar-refractivity contribution in [3.63, 3.8) is 0 Å². The van der Waals surface area contributed by atoms with Crippen molar-refractivity contribution in [2.75, 3.05) is 19.5 Å². The predicted octanol–water partition coefficient (Wildman–Crippen LogP) is 3.54. The molecule has 0 radical (unpaired) electrons. The second-order valence-electron chi connectivity index (χ2n) is 5.11. The van der Waals surface area contributed by atoms with Crippen LogP contribution < -0.4 is 14.8 Å². The van der Waals surface area contributed by atoms with Crippen LogP contribution in [-0.4, -0.2) is 32.2 Å². The molecule has 25 heavy (non-hydrogen) atoms. The minimum atomic E-state index is -0.787. The van der Waals surface area contributed by atoms with Crippen LogP contribution in [0.25, 0.3) is 0 Å². The van der Waals surface area contributed by atoms with Gasteiger partial charge in [0.05, 0.1) is 30.5 Å². The highest BCUT2D eigenvalue weighted by molar-refractivity contribution is 6.33. The molecule has 0 heterocycles. The van der Waals surface area contributed by atoms with Crippen molar-refractivity contribution in [3.05, 3.63) is 53.1 Å². The molecule has 132 valence electrons. The summed E-state index contributed by atoms with van der Waals surface area (Å²) in [4.78, 5) is 23.9. The molecule has 0 saturated heterocycles. The minimum Gasteiger partial charge on any atom is -0.497 e. The second kappa shape index (κ2) is 8.39. The number of hydrogen-bond acceptors (Lipinski definition) is 5. The fraction of sp³-hybridized carbons (Fsp3) is 0.222. The van der Waals surface area contributed by atoms with E-state index in [2.05, 4.69) is 10.1 Å². The molecule has 0 saturated carbocycles. The van der Waals surface area contributed by atoms with E-state index < -0.39 is 18.0 Å². The lowest BCUT2D eigenvalue weighted by Crippen LogP contribution is -2.30. The van der Waals surface area contributed by atoms with E-state index in [1.54, 1.807) is 38.3 Å². The Kier molecular flexibility index (Phi) is 6.25. The summed E-state index contributed by atoms with van der Waals surface area (Å²) in [6.07, 6.45) is -0.787. The van der Waals surface area contributed by atoms with Gasteiger partial charge in [0.2, 0.25) is 0 Å². The summed E-state index contributed by atoms with van der Waals surface area (Å²) in [5, 5.41) is 2.94. The first-order valence-electron chi connectivity index (χ1n) is 7.44. The third-order valence-electron chi connectivity index (χ3n) is 3.37. The zero-order chi connectivity index (χ0) is 18.4. The fourth-order valence-electron chi connectivity index (χ4n) is 2.03. The molecule has 0 aliphatic heterocycles. The van der Waals surface area contributed by atoms with Crippen molar-refractivity contribution in [2.24, 2.45) is 0 Å². The zero-order valence-corrected chi connectivity index (χ0v) is 14.8. The van der Waals surface area contributed by atoms with Crippen LogP contribution in [0.3, 0.4) is 0 Å². The molecule has 0 aliphatic carbocycles. The molecule has 0 aliphatic rings. The van der Waals surface area contributed by atoms with Gasteiger partial charge in [-0.3, -0.25) is 4.79 Å². The fourth-order valence-corrected chi connectivity index (χ4v) is 2.20. The van der Waals surface area contributed by atoms with Crippen molar-refractivity contribution in [2.45, 2.75) is 13.0 Å². The number of nitrogens with one attached hydrogen (secondary N) is 1. The van der Waals surface area contributed by atoms with E-state index in [-0.39, 0.29) is 5.56 Å². The van der Waals surface area contributed by atoms with Gasteiger partial charge in [-0.1, -0.05) is 17.7 Å². The monoisotopic (exact) mass is 363 g/mol. The Labute approximate surface area is 150 Å². The molecule has 0 aromatic heterocycles. The van der Waals surface area contributed by atoms with Gasteiger partial charge in [0.1, 0.15) is 11.5 Å². The van der Waals surface area contributed by atoms with Crippen molar-refractivity contribution < 1.29 is 23.8 Å². The molecular formula is C18H18ClNO5. The number of anilines is 1. The molecule has 7 heteroatoms. The van der Waals surface area contributed by atoms with Crippen LogP contribution in [0.15, 0.2) is 42.5 Å². The summed E-state index contributed by atoms with van der Waals surface area (Å²) < 4.78 is 15.4. The number of amides is 1. The van der Waals surface area contributed by atoms with Crippen LogP contribution in [0.2, 0.25) is 5.02 Å². The third kappa shape index (κ3) is 4.87. The Hall–Kier alpha value is -2.73. The van der Waals surface area contributed by atoms with E-state index in [1.165, 1.54) is 25.3 Å². The highest BCUT2D eigenvalue weighted by atomic mass is 35.5. The van der Waals surface area contributed by atoms with Gasteiger partial charge in [-0.15, -0.1) is 0 Å². The van der Waals surface area contributed by atoms with E-state index in [0.717, 1.165) is 0 Å². The molecule has 6 nitrogen and oxygen atoms in total. The first-order valence-corrected chi connectivity index (χ1v) is 7.82. The summed E-state index contributed by atoms with van der Waals surface area (Å²) >= 11 is 6.07. The van der Waals surface area contributed by atoms with Crippen LogP contribution in [0.1, 0.15) is 17.3 Å². The number of carbonyl (C=O) groups excluding carboxylic acids is 2. The number of halogens is 1. The molecule has 0 fully saturated rings. The number of benzene rings is 2. The van der Waals surface area contributed by atoms with Gasteiger partial charge in [-0.05, 0) is 37.3 Å². The lowest BCUT2D eigenvalue weighted by atomic mass is 10.2. The lowest BCUT2D eigenvalue weighted by molar-refractivity contribution is -0.122. The summed E-state index contributed by atoms with van der Waals surface area (Å²) in [5.41, 5.74) is 0.583. The molecule has 0 bridgehead atoms. The maximum absolute atomic E-state index is 12.3. The quantitative estimate of drug-likeness (QED) is 0.794. The van der Waals surface area contributed by atoms with Gasteiger partial charge in [0.25, 0.3) is 5.91 Å². The molecule has 2 aromatic rings. The van der Waals surface area contributed by atoms with E-state index in [1.807, 2.05) is 0 Å². The van der Waals surface area contributed by atoms with Crippen molar-refractivity contribution in [1.29, 1.82) is 0 Å². The normalized spacial score (nSPS) is 11.4. The van der Waals surface area contributed by atoms with Gasteiger partial charge in [-0.2, -0.15) is 0 Å². The first kappa shape index (κ1) is 18.6. The van der Waals surface area contributed by atoms with Crippen LogP contribution in [-0.2, 0) is 9.53 Å². The Morgan fingerprint density at radius 3 is 2.48 bits per heavy atom. The maximum atomic E-state index is 12.3. The van der Waals surface area contributed by atoms with Gasteiger partial charge >= 0.3 is 5.97 Å². The first-order chi connectivity index (χ1) is 11.9. The second-order valence-corrected chi connectivity index (χ2v) is 5.52. The lowest BCUT2D eigenvalue weighted by Gasteiger charge is -2.16. The summed E-state index contributed by atoms with van der Waals surface area (Å²) in [6, 6.07) is 11.4. The molecule has 0 unspecified atom stereocenters. The van der Waals surface area contributed by atoms with Crippen LogP contribution in [0.4, 0.5) is 5.69 Å². The van der Waals surface area contributed by atoms with Crippen molar-refractivity contribution in [1.82, 2.24) is 0 Å². The Morgan fingerprint density at radius 2 is 1.80 bits per heavy atom. The van der Waals surface area contributed by atoms with E-state index >= 15 is 0 Å². The van der Waals surface area contributed by atoms with E-state index in [9.17, 15) is 9.59 Å². The topological polar surface area (TPSA) is 73.9 Å². The number of carbonyl (C=O) groups is 2. The SMILES string of the molecule is COC(=O)c1ccc(Cl)c(NC(=O)[C@H](C)Oc2cccc(OC)c2)c1. The zero-order valence-electron chi connectivity index (χ0n) is 14.0. The average Bonchev–Trinajstić information content (AvgIpc) is 2.62. The average molecular weight is 364 g/mol. The van der Waals surface area contributed by atoms with Crippen molar-refractivity contribution in [3.8, 4) is 11.5 Å². The summed E-state index contributed by atoms with van der Waals surface area (Å²) in [6.45, 7) is 1.60. The van der Waals surface area contributed by atoms with Crippen molar-refractivity contribution >= 4 is 29.2 Å². The molecule has 1 atom stereocenters. The standard InChI is InChI=1S/C18H18ClNO5/c1-11(25-14-6-4-5-13(10-14)23-2)17(21)20-16-9-12(18(22)24-3)7-8-15(16)19/h4-11H,1-3H3,(H,20,21)/t11-/m0/s1. The van der Waals surface area contributed by atoms with Gasteiger partial charge in [0, 0.05) is 6.07 Å². The number of hydrogen-bond donors (Lipinski definition) is 1. The minimum absolute atomic E-state index is 0.281.